The number of nitrogens with zero attached hydrogens (tertiary/aromatic N) is 1. The van der Waals surface area contributed by atoms with Crippen molar-refractivity contribution in [2.24, 2.45) is 16.7 Å². The molecule has 0 N–H and O–H groups in total. The first-order valence-corrected chi connectivity index (χ1v) is 4.86. The number of fused-ring (bicyclic) bond motifs is 3. The van der Waals surface area contributed by atoms with Gasteiger partial charge in [0.2, 0.25) is 0 Å². The van der Waals surface area contributed by atoms with Crippen LogP contribution in [0.2, 0.25) is 0 Å². The van der Waals surface area contributed by atoms with Gasteiger partial charge in [-0.3, -0.25) is 0 Å². The van der Waals surface area contributed by atoms with Crippen molar-refractivity contribution in [3.8, 4) is 0 Å². The molecule has 2 heterocycles. The van der Waals surface area contributed by atoms with Crippen molar-refractivity contribution in [2.45, 2.75) is 26.7 Å². The molecule has 0 aromatic carbocycles. The van der Waals surface area contributed by atoms with Crippen molar-refractivity contribution in [2.75, 3.05) is 19.6 Å². The van der Waals surface area contributed by atoms with Crippen LogP contribution in [-0.2, 0) is 0 Å². The van der Waals surface area contributed by atoms with E-state index >= 15 is 0 Å². The van der Waals surface area contributed by atoms with Crippen molar-refractivity contribution in [3.63, 3.8) is 0 Å². The second-order valence-corrected chi connectivity index (χ2v) is 5.44. The molecule has 62 valence electrons. The van der Waals surface area contributed by atoms with E-state index in [2.05, 4.69) is 18.7 Å². The van der Waals surface area contributed by atoms with Crippen molar-refractivity contribution in [3.05, 3.63) is 0 Å². The van der Waals surface area contributed by atoms with Gasteiger partial charge in [-0.15, -0.1) is 0 Å². The van der Waals surface area contributed by atoms with Gasteiger partial charge in [0.05, 0.1) is 0 Å². The fourth-order valence-corrected chi connectivity index (χ4v) is 3.67. The van der Waals surface area contributed by atoms with Crippen LogP contribution in [0.5, 0.6) is 0 Å². The molecule has 1 spiro atoms. The van der Waals surface area contributed by atoms with Crippen LogP contribution in [0, 0.1) is 16.7 Å². The summed E-state index contributed by atoms with van der Waals surface area (Å²) in [6.45, 7) is 9.14. The van der Waals surface area contributed by atoms with Gasteiger partial charge in [0.25, 0.3) is 0 Å². The van der Waals surface area contributed by atoms with Crippen molar-refractivity contribution in [1.82, 2.24) is 4.90 Å². The highest BCUT2D eigenvalue weighted by Gasteiger charge is 2.69. The molecule has 2 bridgehead atoms. The van der Waals surface area contributed by atoms with Gasteiger partial charge in [-0.25, -0.2) is 0 Å². The predicted octanol–water partition coefficient (Wildman–Crippen LogP) is 1.74. The van der Waals surface area contributed by atoms with E-state index in [1.165, 1.54) is 32.5 Å². The van der Waals surface area contributed by atoms with Crippen LogP contribution in [0.1, 0.15) is 26.7 Å². The molecule has 11 heavy (non-hydrogen) atoms. The Morgan fingerprint density at radius 2 is 2.09 bits per heavy atom. The number of rotatable bonds is 0. The van der Waals surface area contributed by atoms with E-state index in [1.807, 2.05) is 0 Å². The smallest absolute Gasteiger partial charge is 0.00466 e. The Kier molecular flexibility index (Phi) is 0.893. The van der Waals surface area contributed by atoms with E-state index in [1.54, 1.807) is 0 Å². The summed E-state index contributed by atoms with van der Waals surface area (Å²) in [5.74, 6) is 1.07. The Balaban J connectivity index is 1.93. The van der Waals surface area contributed by atoms with Crippen molar-refractivity contribution >= 4 is 0 Å². The van der Waals surface area contributed by atoms with Gasteiger partial charge in [0.15, 0.2) is 0 Å². The Morgan fingerprint density at radius 1 is 1.36 bits per heavy atom. The maximum Gasteiger partial charge on any atom is 0.00466 e. The first-order valence-electron chi connectivity index (χ1n) is 4.86. The minimum Gasteiger partial charge on any atom is -0.302 e. The van der Waals surface area contributed by atoms with Crippen LogP contribution >= 0.6 is 0 Å². The molecule has 1 heteroatoms. The lowest BCUT2D eigenvalue weighted by atomic mass is 9.83. The van der Waals surface area contributed by atoms with E-state index in [0.29, 0.717) is 5.41 Å². The van der Waals surface area contributed by atoms with Gasteiger partial charge in [0, 0.05) is 13.1 Å². The molecule has 2 aliphatic heterocycles. The maximum absolute atomic E-state index is 2.67. The summed E-state index contributed by atoms with van der Waals surface area (Å²) in [6.07, 6.45) is 2.99. The van der Waals surface area contributed by atoms with Gasteiger partial charge in [-0.2, -0.15) is 0 Å². The molecular formula is C10H17N. The highest BCUT2D eigenvalue weighted by atomic mass is 15.2. The lowest BCUT2D eigenvalue weighted by molar-refractivity contribution is 0.237. The minimum absolute atomic E-state index is 0.687. The van der Waals surface area contributed by atoms with Gasteiger partial charge in [-0.05, 0) is 36.1 Å². The fourth-order valence-electron chi connectivity index (χ4n) is 3.67. The van der Waals surface area contributed by atoms with Crippen LogP contribution in [-0.4, -0.2) is 24.5 Å². The second kappa shape index (κ2) is 1.52. The molecule has 0 aromatic heterocycles. The van der Waals surface area contributed by atoms with E-state index in [0.717, 1.165) is 11.3 Å². The molecule has 1 unspecified atom stereocenters. The summed E-state index contributed by atoms with van der Waals surface area (Å²) in [4.78, 5) is 2.67. The molecule has 3 aliphatic rings. The molecule has 1 nitrogen and oxygen atoms in total. The van der Waals surface area contributed by atoms with E-state index in [9.17, 15) is 0 Å². The minimum atomic E-state index is 0.687. The first kappa shape index (κ1) is 6.47. The van der Waals surface area contributed by atoms with Crippen molar-refractivity contribution in [1.29, 1.82) is 0 Å². The Bertz CT molecular complexity index is 209. The summed E-state index contributed by atoms with van der Waals surface area (Å²) in [5, 5.41) is 0. The monoisotopic (exact) mass is 151 g/mol. The molecule has 0 radical (unpaired) electrons. The van der Waals surface area contributed by atoms with Gasteiger partial charge in [0.1, 0.15) is 0 Å². The van der Waals surface area contributed by atoms with Crippen molar-refractivity contribution < 1.29 is 0 Å². The molecule has 3 rings (SSSR count). The third kappa shape index (κ3) is 0.581. The number of hydrogen-bond acceptors (Lipinski definition) is 1. The van der Waals surface area contributed by atoms with Crippen LogP contribution in [0.15, 0.2) is 0 Å². The normalized spacial score (nSPS) is 57.3. The molecule has 1 saturated carbocycles. The van der Waals surface area contributed by atoms with Gasteiger partial charge < -0.3 is 4.90 Å². The summed E-state index contributed by atoms with van der Waals surface area (Å²) in [6, 6.07) is 0. The Labute approximate surface area is 68.8 Å². The zero-order valence-corrected chi connectivity index (χ0v) is 7.56. The van der Waals surface area contributed by atoms with Gasteiger partial charge in [-0.1, -0.05) is 13.8 Å². The maximum atomic E-state index is 2.67. The summed E-state index contributed by atoms with van der Waals surface area (Å²) in [7, 11) is 0. The predicted molar refractivity (Wildman–Crippen MR) is 45.4 cm³/mol. The summed E-state index contributed by atoms with van der Waals surface area (Å²) < 4.78 is 0. The standard InChI is InChI=1S/C10H17N/c1-9(2)6-10(9)7-11-4-3-8(10)5-11/h8H,3-7H2,1-2H3/t8-,10-/m1/s1. The van der Waals surface area contributed by atoms with Crippen LogP contribution in [0.3, 0.4) is 0 Å². The van der Waals surface area contributed by atoms with E-state index < -0.39 is 0 Å². The summed E-state index contributed by atoms with van der Waals surface area (Å²) in [5.41, 5.74) is 1.47. The number of piperidine rings is 1. The zero-order chi connectivity index (χ0) is 7.69. The molecule has 2 saturated heterocycles. The third-order valence-electron chi connectivity index (χ3n) is 4.54. The number of hydrogen-bond donors (Lipinski definition) is 0. The molecule has 0 aromatic rings. The Hall–Kier alpha value is -0.0400. The fraction of sp³-hybridized carbons (Fsp3) is 1.00. The molecule has 3 atom stereocenters. The van der Waals surface area contributed by atoms with Gasteiger partial charge >= 0.3 is 0 Å². The van der Waals surface area contributed by atoms with Crippen LogP contribution < -0.4 is 0 Å². The topological polar surface area (TPSA) is 3.24 Å². The van der Waals surface area contributed by atoms with Crippen LogP contribution in [0.25, 0.3) is 0 Å². The lowest BCUT2D eigenvalue weighted by Crippen LogP contribution is -2.27. The van der Waals surface area contributed by atoms with E-state index in [-0.39, 0.29) is 0 Å². The molecular weight excluding hydrogens is 134 g/mol. The van der Waals surface area contributed by atoms with E-state index in [4.69, 9.17) is 0 Å². The quantitative estimate of drug-likeness (QED) is 0.509. The highest BCUT2D eigenvalue weighted by molar-refractivity contribution is 5.19. The Morgan fingerprint density at radius 3 is 2.36 bits per heavy atom. The second-order valence-electron chi connectivity index (χ2n) is 5.44. The molecule has 3 fully saturated rings. The average molecular weight is 151 g/mol. The largest absolute Gasteiger partial charge is 0.302 e. The average Bonchev–Trinajstić information content (AvgIpc) is 2.37. The summed E-state index contributed by atoms with van der Waals surface area (Å²) >= 11 is 0. The SMILES string of the molecule is CC1(C)C[C@]12CN1CC[C@@H]2C1. The molecule has 1 aliphatic carbocycles. The van der Waals surface area contributed by atoms with Crippen LogP contribution in [0.4, 0.5) is 0 Å². The third-order valence-corrected chi connectivity index (χ3v) is 4.54. The lowest BCUT2D eigenvalue weighted by Gasteiger charge is -2.25. The highest BCUT2D eigenvalue weighted by Crippen LogP contribution is 2.71. The molecule has 0 amide bonds. The zero-order valence-electron chi connectivity index (χ0n) is 7.56. The first-order chi connectivity index (χ1) is 5.14.